The van der Waals surface area contributed by atoms with E-state index in [0.29, 0.717) is 10.5 Å². The molecule has 0 amide bonds. The number of hydrogen-bond donors (Lipinski definition) is 1. The predicted octanol–water partition coefficient (Wildman–Crippen LogP) is 7.97. The summed E-state index contributed by atoms with van der Waals surface area (Å²) in [5, 5.41) is 2.47. The van der Waals surface area contributed by atoms with Gasteiger partial charge in [-0.25, -0.2) is 14.4 Å². The van der Waals surface area contributed by atoms with Gasteiger partial charge in [-0.3, -0.25) is 4.79 Å². The van der Waals surface area contributed by atoms with Crippen LogP contribution < -0.4 is 5.32 Å². The standard InChI is InChI=1S/C23H14Br2F7N3O/c24-17-5-3-12(9-18(17)25)15(22(27,28)29)10-19(26)13-2-4-14(16(8-13)23(30,31)32)20(36)11-35-21-33-6-1-7-34-21/h1-10,15H,11H2,(H,33,34,35)/b19-10-. The van der Waals surface area contributed by atoms with E-state index < -0.39 is 53.1 Å². The van der Waals surface area contributed by atoms with Crippen LogP contribution in [-0.2, 0) is 6.18 Å². The zero-order valence-corrected chi connectivity index (χ0v) is 20.9. The highest BCUT2D eigenvalue weighted by atomic mass is 79.9. The van der Waals surface area contributed by atoms with E-state index >= 15 is 0 Å². The molecule has 36 heavy (non-hydrogen) atoms. The quantitative estimate of drug-likeness (QED) is 0.210. The molecule has 0 aliphatic heterocycles. The van der Waals surface area contributed by atoms with E-state index in [9.17, 15) is 35.5 Å². The molecule has 3 aromatic rings. The van der Waals surface area contributed by atoms with Crippen LogP contribution in [0.2, 0.25) is 0 Å². The van der Waals surface area contributed by atoms with Crippen LogP contribution in [-0.4, -0.2) is 28.5 Å². The molecule has 0 aliphatic carbocycles. The molecule has 0 saturated carbocycles. The highest BCUT2D eigenvalue weighted by Gasteiger charge is 2.40. The number of carbonyl (C=O) groups is 1. The first-order chi connectivity index (χ1) is 16.8. The summed E-state index contributed by atoms with van der Waals surface area (Å²) in [6.07, 6.45) is -7.11. The van der Waals surface area contributed by atoms with E-state index in [2.05, 4.69) is 47.1 Å². The smallest absolute Gasteiger partial charge is 0.347 e. The van der Waals surface area contributed by atoms with Crippen LogP contribution in [0.4, 0.5) is 36.7 Å². The summed E-state index contributed by atoms with van der Waals surface area (Å²) in [6.45, 7) is -0.598. The SMILES string of the molecule is O=C(CNc1ncccn1)c1ccc(/C(F)=C/C(c2ccc(Br)c(Br)c2)C(F)(F)F)cc1C(F)(F)F. The number of benzene rings is 2. The summed E-state index contributed by atoms with van der Waals surface area (Å²) in [7, 11) is 0. The maximum atomic E-state index is 14.9. The molecule has 2 aromatic carbocycles. The van der Waals surface area contributed by atoms with Crippen LogP contribution in [0.15, 0.2) is 69.9 Å². The number of Topliss-reactive ketones (excluding diaryl/α,β-unsaturated/α-hetero) is 1. The maximum absolute atomic E-state index is 14.9. The topological polar surface area (TPSA) is 54.9 Å². The number of carbonyl (C=O) groups excluding carboxylic acids is 1. The summed E-state index contributed by atoms with van der Waals surface area (Å²) in [5.41, 5.74) is -3.36. The van der Waals surface area contributed by atoms with Crippen LogP contribution in [0.3, 0.4) is 0 Å². The fourth-order valence-electron chi connectivity index (χ4n) is 3.14. The highest BCUT2D eigenvalue weighted by Crippen LogP contribution is 2.41. The Hall–Kier alpha value is -2.80. The van der Waals surface area contributed by atoms with Gasteiger partial charge in [0.15, 0.2) is 5.78 Å². The van der Waals surface area contributed by atoms with Gasteiger partial charge in [0.2, 0.25) is 5.95 Å². The first-order valence-electron chi connectivity index (χ1n) is 9.92. The normalized spacial score (nSPS) is 13.4. The van der Waals surface area contributed by atoms with Gasteiger partial charge < -0.3 is 5.32 Å². The molecule has 4 nitrogen and oxygen atoms in total. The minimum absolute atomic E-state index is 0.00257. The van der Waals surface area contributed by atoms with Crippen molar-refractivity contribution in [1.29, 1.82) is 0 Å². The Morgan fingerprint density at radius 2 is 1.64 bits per heavy atom. The molecule has 3 rings (SSSR count). The van der Waals surface area contributed by atoms with Crippen LogP contribution in [0.25, 0.3) is 5.83 Å². The molecule has 1 N–H and O–H groups in total. The first kappa shape index (κ1) is 27.8. The van der Waals surface area contributed by atoms with Crippen LogP contribution in [0, 0.1) is 0 Å². The van der Waals surface area contributed by atoms with Gasteiger partial charge >= 0.3 is 12.4 Å². The lowest BCUT2D eigenvalue weighted by molar-refractivity contribution is -0.140. The second kappa shape index (κ2) is 11.1. The van der Waals surface area contributed by atoms with Crippen molar-refractivity contribution in [2.24, 2.45) is 0 Å². The third-order valence-corrected chi connectivity index (χ3v) is 6.72. The van der Waals surface area contributed by atoms with Gasteiger partial charge in [-0.05, 0) is 67.8 Å². The van der Waals surface area contributed by atoms with Crippen molar-refractivity contribution in [2.75, 3.05) is 11.9 Å². The number of ketones is 1. The lowest BCUT2D eigenvalue weighted by atomic mass is 9.95. The summed E-state index contributed by atoms with van der Waals surface area (Å²) < 4.78 is 97.8. The van der Waals surface area contributed by atoms with Crippen molar-refractivity contribution >= 4 is 49.4 Å². The molecule has 1 atom stereocenters. The van der Waals surface area contributed by atoms with Crippen molar-refractivity contribution in [2.45, 2.75) is 18.3 Å². The highest BCUT2D eigenvalue weighted by molar-refractivity contribution is 9.13. The molecule has 0 radical (unpaired) electrons. The number of nitrogens with zero attached hydrogens (tertiary/aromatic N) is 2. The summed E-state index contributed by atoms with van der Waals surface area (Å²) in [5.74, 6) is -4.97. The van der Waals surface area contributed by atoms with Crippen LogP contribution >= 0.6 is 31.9 Å². The van der Waals surface area contributed by atoms with Crippen LogP contribution in [0.1, 0.15) is 33.0 Å². The van der Waals surface area contributed by atoms with E-state index in [1.54, 1.807) is 0 Å². The van der Waals surface area contributed by atoms with Crippen molar-refractivity contribution in [3.05, 3.63) is 92.1 Å². The number of rotatable bonds is 7. The first-order valence-corrected chi connectivity index (χ1v) is 11.5. The molecule has 190 valence electrons. The predicted molar refractivity (Wildman–Crippen MR) is 126 cm³/mol. The fourth-order valence-corrected chi connectivity index (χ4v) is 3.79. The fraction of sp³-hybridized carbons (Fsp3) is 0.174. The van der Waals surface area contributed by atoms with E-state index in [1.807, 2.05) is 0 Å². The number of anilines is 1. The van der Waals surface area contributed by atoms with Gasteiger partial charge in [-0.2, -0.15) is 26.3 Å². The molecule has 0 fully saturated rings. The largest absolute Gasteiger partial charge is 0.417 e. The van der Waals surface area contributed by atoms with E-state index in [4.69, 9.17) is 0 Å². The molecule has 0 bridgehead atoms. The van der Waals surface area contributed by atoms with E-state index in [0.717, 1.165) is 24.3 Å². The third-order valence-electron chi connectivity index (χ3n) is 4.84. The Morgan fingerprint density at radius 1 is 0.972 bits per heavy atom. The minimum atomic E-state index is -5.08. The lowest BCUT2D eigenvalue weighted by Crippen LogP contribution is -2.20. The second-order valence-corrected chi connectivity index (χ2v) is 9.02. The molecule has 0 aliphatic rings. The van der Waals surface area contributed by atoms with E-state index in [1.165, 1.54) is 24.5 Å². The molecule has 1 aromatic heterocycles. The Morgan fingerprint density at radius 3 is 2.22 bits per heavy atom. The van der Waals surface area contributed by atoms with E-state index in [-0.39, 0.29) is 22.1 Å². The molecule has 0 spiro atoms. The number of halogens is 9. The number of nitrogens with one attached hydrogen (secondary N) is 1. The third kappa shape index (κ3) is 6.90. The van der Waals surface area contributed by atoms with Crippen molar-refractivity contribution in [1.82, 2.24) is 9.97 Å². The number of allylic oxidation sites excluding steroid dienone is 1. The van der Waals surface area contributed by atoms with Gasteiger partial charge in [0.05, 0.1) is 12.1 Å². The molecule has 13 heteroatoms. The second-order valence-electron chi connectivity index (χ2n) is 7.31. The zero-order valence-electron chi connectivity index (χ0n) is 17.8. The molecule has 1 unspecified atom stereocenters. The molecule has 0 saturated heterocycles. The zero-order chi connectivity index (χ0) is 26.7. The average Bonchev–Trinajstić information content (AvgIpc) is 2.81. The van der Waals surface area contributed by atoms with Gasteiger partial charge in [0, 0.05) is 32.5 Å². The Labute approximate surface area is 216 Å². The van der Waals surface area contributed by atoms with Gasteiger partial charge in [-0.1, -0.05) is 18.2 Å². The lowest BCUT2D eigenvalue weighted by Gasteiger charge is -2.19. The number of hydrogen-bond acceptors (Lipinski definition) is 4. The number of aromatic nitrogens is 2. The van der Waals surface area contributed by atoms with Crippen LogP contribution in [0.5, 0.6) is 0 Å². The Bertz CT molecular complexity index is 1280. The monoisotopic (exact) mass is 639 g/mol. The average molecular weight is 641 g/mol. The summed E-state index contributed by atoms with van der Waals surface area (Å²) >= 11 is 6.20. The van der Waals surface area contributed by atoms with Gasteiger partial charge in [0.25, 0.3) is 0 Å². The Kier molecular flexibility index (Phi) is 8.55. The van der Waals surface area contributed by atoms with Gasteiger partial charge in [0.1, 0.15) is 11.7 Å². The maximum Gasteiger partial charge on any atom is 0.417 e. The van der Waals surface area contributed by atoms with Crippen molar-refractivity contribution < 1.29 is 35.5 Å². The summed E-state index contributed by atoms with van der Waals surface area (Å²) in [4.78, 5) is 20.0. The van der Waals surface area contributed by atoms with Gasteiger partial charge in [-0.15, -0.1) is 0 Å². The Balaban J connectivity index is 1.96. The number of alkyl halides is 6. The molecular formula is C23H14Br2F7N3O. The van der Waals surface area contributed by atoms with Crippen molar-refractivity contribution in [3.63, 3.8) is 0 Å². The molecular weight excluding hydrogens is 627 g/mol. The van der Waals surface area contributed by atoms with Crippen molar-refractivity contribution in [3.8, 4) is 0 Å². The summed E-state index contributed by atoms with van der Waals surface area (Å²) in [6, 6.07) is 6.90. The minimum Gasteiger partial charge on any atom is -0.347 e. The molecule has 1 heterocycles.